The van der Waals surface area contributed by atoms with E-state index in [0.717, 1.165) is 35.5 Å². The normalized spacial score (nSPS) is 11.1. The molecule has 0 saturated carbocycles. The Morgan fingerprint density at radius 3 is 2.45 bits per heavy atom. The van der Waals surface area contributed by atoms with Crippen LogP contribution in [0.25, 0.3) is 16.7 Å². The predicted molar refractivity (Wildman–Crippen MR) is 91.3 cm³/mol. The Balaban J connectivity index is 2.05. The van der Waals surface area contributed by atoms with Gasteiger partial charge in [0.25, 0.3) is 0 Å². The first-order valence-corrected chi connectivity index (χ1v) is 7.86. The lowest BCUT2D eigenvalue weighted by atomic mass is 10.1. The Hall–Kier alpha value is -2.00. The van der Waals surface area contributed by atoms with Crippen LogP contribution in [0.4, 0.5) is 0 Å². The molecule has 1 heterocycles. The zero-order valence-corrected chi connectivity index (χ0v) is 13.8. The highest BCUT2D eigenvalue weighted by atomic mass is 35.5. The molecule has 22 heavy (non-hydrogen) atoms. The molecule has 0 spiro atoms. The number of fused-ring (bicyclic) bond motifs is 1. The molecular weight excluding hydrogens is 296 g/mol. The molecule has 114 valence electrons. The summed E-state index contributed by atoms with van der Waals surface area (Å²) >= 11 is 6.35. The van der Waals surface area contributed by atoms with E-state index in [-0.39, 0.29) is 0 Å². The van der Waals surface area contributed by atoms with Crippen LogP contribution in [0.3, 0.4) is 0 Å². The van der Waals surface area contributed by atoms with Gasteiger partial charge >= 0.3 is 0 Å². The molecule has 4 heteroatoms. The number of benzene rings is 2. The molecule has 0 N–H and O–H groups in total. The minimum absolute atomic E-state index is 0.474. The highest BCUT2D eigenvalue weighted by Gasteiger charge is 2.12. The van der Waals surface area contributed by atoms with Crippen molar-refractivity contribution in [1.82, 2.24) is 9.55 Å². The Kier molecular flexibility index (Phi) is 4.08. The summed E-state index contributed by atoms with van der Waals surface area (Å²) in [6.07, 6.45) is 0.998. The minimum Gasteiger partial charge on any atom is -0.494 e. The third-order valence-corrected chi connectivity index (χ3v) is 4.05. The molecular formula is C18H19ClN2O. The highest BCUT2D eigenvalue weighted by Crippen LogP contribution is 2.27. The fourth-order valence-electron chi connectivity index (χ4n) is 2.46. The van der Waals surface area contributed by atoms with E-state index >= 15 is 0 Å². The summed E-state index contributed by atoms with van der Waals surface area (Å²) in [4.78, 5) is 4.46. The second kappa shape index (κ2) is 6.01. The molecule has 0 bridgehead atoms. The van der Waals surface area contributed by atoms with Gasteiger partial charge in [-0.05, 0) is 79.4 Å². The largest absolute Gasteiger partial charge is 0.494 e. The topological polar surface area (TPSA) is 27.1 Å². The smallest absolute Gasteiger partial charge is 0.208 e. The lowest BCUT2D eigenvalue weighted by Gasteiger charge is -2.09. The van der Waals surface area contributed by atoms with E-state index < -0.39 is 0 Å². The van der Waals surface area contributed by atoms with Crippen LogP contribution in [0.2, 0.25) is 5.28 Å². The predicted octanol–water partition coefficient (Wildman–Crippen LogP) is 5.08. The van der Waals surface area contributed by atoms with Crippen LogP contribution in [-0.4, -0.2) is 16.2 Å². The molecule has 3 nitrogen and oxygen atoms in total. The van der Waals surface area contributed by atoms with Crippen LogP contribution in [-0.2, 0) is 0 Å². The van der Waals surface area contributed by atoms with Crippen molar-refractivity contribution in [3.8, 4) is 11.4 Å². The number of hydrogen-bond acceptors (Lipinski definition) is 2. The van der Waals surface area contributed by atoms with Gasteiger partial charge in [0.1, 0.15) is 5.75 Å². The lowest BCUT2D eigenvalue weighted by molar-refractivity contribution is 0.317. The van der Waals surface area contributed by atoms with Gasteiger partial charge in [0.15, 0.2) is 0 Å². The highest BCUT2D eigenvalue weighted by molar-refractivity contribution is 6.29. The summed E-state index contributed by atoms with van der Waals surface area (Å²) in [6, 6.07) is 12.2. The fraction of sp³-hybridized carbons (Fsp3) is 0.278. The average molecular weight is 315 g/mol. The van der Waals surface area contributed by atoms with Gasteiger partial charge < -0.3 is 4.74 Å². The maximum atomic E-state index is 6.35. The van der Waals surface area contributed by atoms with Crippen molar-refractivity contribution in [2.75, 3.05) is 6.61 Å². The molecule has 0 atom stereocenters. The summed E-state index contributed by atoms with van der Waals surface area (Å²) in [7, 11) is 0. The molecule has 0 aliphatic carbocycles. The van der Waals surface area contributed by atoms with Crippen molar-refractivity contribution >= 4 is 22.6 Å². The van der Waals surface area contributed by atoms with Gasteiger partial charge in [-0.3, -0.25) is 4.57 Å². The molecule has 1 aromatic heterocycles. The maximum Gasteiger partial charge on any atom is 0.208 e. The maximum absolute atomic E-state index is 6.35. The Labute approximate surface area is 135 Å². The third-order valence-electron chi connectivity index (χ3n) is 3.80. The van der Waals surface area contributed by atoms with Crippen LogP contribution in [0.5, 0.6) is 5.75 Å². The van der Waals surface area contributed by atoms with E-state index in [9.17, 15) is 0 Å². The number of imidazole rings is 1. The van der Waals surface area contributed by atoms with Gasteiger partial charge in [0.2, 0.25) is 5.28 Å². The first-order chi connectivity index (χ1) is 10.6. The second-order valence-electron chi connectivity index (χ2n) is 5.48. The number of aromatic nitrogens is 2. The molecule has 0 radical (unpaired) electrons. The zero-order chi connectivity index (χ0) is 15.7. The number of nitrogens with zero attached hydrogens (tertiary/aromatic N) is 2. The third kappa shape index (κ3) is 2.69. The van der Waals surface area contributed by atoms with Crippen molar-refractivity contribution in [1.29, 1.82) is 0 Å². The summed E-state index contributed by atoms with van der Waals surface area (Å²) < 4.78 is 7.59. The number of ether oxygens (including phenoxy) is 1. The van der Waals surface area contributed by atoms with Gasteiger partial charge in [-0.2, -0.15) is 0 Å². The fourth-order valence-corrected chi connectivity index (χ4v) is 2.74. The van der Waals surface area contributed by atoms with E-state index in [4.69, 9.17) is 16.3 Å². The first kappa shape index (κ1) is 14.9. The van der Waals surface area contributed by atoms with Gasteiger partial charge in [-0.1, -0.05) is 6.92 Å². The van der Waals surface area contributed by atoms with Crippen molar-refractivity contribution in [3.63, 3.8) is 0 Å². The quantitative estimate of drug-likeness (QED) is 0.671. The molecule has 0 amide bonds. The van der Waals surface area contributed by atoms with Crippen LogP contribution >= 0.6 is 11.6 Å². The number of aryl methyl sites for hydroxylation is 2. The molecule has 0 aliphatic heterocycles. The SMILES string of the molecule is CCCOc1ccc(-n2c(Cl)nc3cc(C)c(C)cc32)cc1. The Bertz CT molecular complexity index is 806. The van der Waals surface area contributed by atoms with Gasteiger partial charge in [-0.15, -0.1) is 0 Å². The van der Waals surface area contributed by atoms with E-state index in [1.165, 1.54) is 11.1 Å². The monoisotopic (exact) mass is 314 g/mol. The van der Waals surface area contributed by atoms with E-state index in [1.807, 2.05) is 28.8 Å². The van der Waals surface area contributed by atoms with Gasteiger partial charge in [0, 0.05) is 5.69 Å². The Morgan fingerprint density at radius 2 is 1.77 bits per heavy atom. The average Bonchev–Trinajstić information content (AvgIpc) is 2.81. The van der Waals surface area contributed by atoms with Crippen molar-refractivity contribution < 1.29 is 4.74 Å². The van der Waals surface area contributed by atoms with E-state index in [2.05, 4.69) is 37.9 Å². The Morgan fingerprint density at radius 1 is 1.09 bits per heavy atom. The molecule has 0 aliphatic rings. The van der Waals surface area contributed by atoms with Crippen molar-refractivity contribution in [2.24, 2.45) is 0 Å². The number of rotatable bonds is 4. The molecule has 0 fully saturated rings. The molecule has 0 unspecified atom stereocenters. The summed E-state index contributed by atoms with van der Waals surface area (Å²) in [5.74, 6) is 0.873. The van der Waals surface area contributed by atoms with Crippen LogP contribution in [0.1, 0.15) is 24.5 Å². The van der Waals surface area contributed by atoms with Gasteiger partial charge in [-0.25, -0.2) is 4.98 Å². The second-order valence-corrected chi connectivity index (χ2v) is 5.82. The minimum atomic E-state index is 0.474. The molecule has 3 aromatic rings. The molecule has 0 saturated heterocycles. The van der Waals surface area contributed by atoms with E-state index in [0.29, 0.717) is 5.28 Å². The van der Waals surface area contributed by atoms with Crippen LogP contribution in [0, 0.1) is 13.8 Å². The first-order valence-electron chi connectivity index (χ1n) is 7.48. The lowest BCUT2D eigenvalue weighted by Crippen LogP contribution is -1.97. The summed E-state index contributed by atoms with van der Waals surface area (Å²) in [5.41, 5.74) is 5.37. The van der Waals surface area contributed by atoms with Crippen molar-refractivity contribution in [3.05, 3.63) is 52.8 Å². The zero-order valence-electron chi connectivity index (χ0n) is 13.1. The molecule has 2 aromatic carbocycles. The number of halogens is 1. The standard InChI is InChI=1S/C18H19ClN2O/c1-4-9-22-15-7-5-14(6-8-15)21-17-11-13(3)12(2)10-16(17)20-18(21)19/h5-8,10-11H,4,9H2,1-3H3. The van der Waals surface area contributed by atoms with Crippen LogP contribution in [0.15, 0.2) is 36.4 Å². The van der Waals surface area contributed by atoms with E-state index in [1.54, 1.807) is 0 Å². The van der Waals surface area contributed by atoms with Crippen molar-refractivity contribution in [2.45, 2.75) is 27.2 Å². The van der Waals surface area contributed by atoms with Gasteiger partial charge in [0.05, 0.1) is 17.6 Å². The number of hydrogen-bond donors (Lipinski definition) is 0. The van der Waals surface area contributed by atoms with Crippen LogP contribution < -0.4 is 4.74 Å². The summed E-state index contributed by atoms with van der Waals surface area (Å²) in [6.45, 7) is 7.01. The summed E-state index contributed by atoms with van der Waals surface area (Å²) in [5, 5.41) is 0.474. The molecule has 3 rings (SSSR count).